The quantitative estimate of drug-likeness (QED) is 0.391. The molecule has 1 saturated carbocycles. The van der Waals surface area contributed by atoms with Crippen molar-refractivity contribution in [3.63, 3.8) is 0 Å². The number of hydrogen-bond acceptors (Lipinski definition) is 2. The van der Waals surface area contributed by atoms with Gasteiger partial charge in [-0.3, -0.25) is 4.99 Å². The minimum absolute atomic E-state index is 0.531. The van der Waals surface area contributed by atoms with Gasteiger partial charge >= 0.3 is 0 Å². The third-order valence-corrected chi connectivity index (χ3v) is 3.74. The van der Waals surface area contributed by atoms with E-state index in [0.29, 0.717) is 25.1 Å². The summed E-state index contributed by atoms with van der Waals surface area (Å²) in [4.78, 5) is 4.48. The molecule has 0 amide bonds. The lowest BCUT2D eigenvalue weighted by Crippen LogP contribution is -2.38. The van der Waals surface area contributed by atoms with E-state index in [1.54, 1.807) is 0 Å². The summed E-state index contributed by atoms with van der Waals surface area (Å²) in [6, 6.07) is 3.59. The lowest BCUT2D eigenvalue weighted by atomic mass is 10.1. The molecule has 2 rings (SSSR count). The molecule has 0 heterocycles. The Hall–Kier alpha value is -1.69. The average molecular weight is 339 g/mol. The number of halogens is 2. The third kappa shape index (κ3) is 7.73. The van der Waals surface area contributed by atoms with Gasteiger partial charge in [0.05, 0.1) is 0 Å². The zero-order valence-electron chi connectivity index (χ0n) is 14.3. The molecule has 0 aliphatic heterocycles. The van der Waals surface area contributed by atoms with Crippen LogP contribution in [0.3, 0.4) is 0 Å². The van der Waals surface area contributed by atoms with Crippen LogP contribution in [0.4, 0.5) is 8.78 Å². The van der Waals surface area contributed by atoms with Gasteiger partial charge in [-0.25, -0.2) is 8.78 Å². The summed E-state index contributed by atoms with van der Waals surface area (Å²) < 4.78 is 31.9. The zero-order chi connectivity index (χ0) is 17.2. The topological polar surface area (TPSA) is 45.7 Å². The number of aliphatic imine (C=N–C) groups is 1. The molecule has 2 N–H and O–H groups in total. The second-order valence-corrected chi connectivity index (χ2v) is 6.09. The second-order valence-electron chi connectivity index (χ2n) is 6.09. The SMILES string of the molecule is CCNC(=NCCCOCC1CC1)NCCc1cc(F)cc(F)c1. The van der Waals surface area contributed by atoms with E-state index in [2.05, 4.69) is 15.6 Å². The highest BCUT2D eigenvalue weighted by molar-refractivity contribution is 5.79. The first kappa shape index (κ1) is 18.6. The van der Waals surface area contributed by atoms with Crippen molar-refractivity contribution < 1.29 is 13.5 Å². The number of ether oxygens (including phenoxy) is 1. The third-order valence-electron chi connectivity index (χ3n) is 3.74. The summed E-state index contributed by atoms with van der Waals surface area (Å²) in [5, 5.41) is 6.34. The molecule has 4 nitrogen and oxygen atoms in total. The van der Waals surface area contributed by atoms with Crippen LogP contribution in [0.15, 0.2) is 23.2 Å². The number of rotatable bonds is 10. The van der Waals surface area contributed by atoms with Gasteiger partial charge in [0.25, 0.3) is 0 Å². The van der Waals surface area contributed by atoms with Gasteiger partial charge in [0.15, 0.2) is 5.96 Å². The summed E-state index contributed by atoms with van der Waals surface area (Å²) in [6.07, 6.45) is 4.03. The van der Waals surface area contributed by atoms with Gasteiger partial charge in [-0.05, 0) is 56.2 Å². The van der Waals surface area contributed by atoms with Crippen molar-refractivity contribution in [2.45, 2.75) is 32.6 Å². The Kier molecular flexibility index (Phi) is 7.95. The van der Waals surface area contributed by atoms with Crippen molar-refractivity contribution in [1.82, 2.24) is 10.6 Å². The molecule has 1 aromatic carbocycles. The fraction of sp³-hybridized carbons (Fsp3) is 0.611. The number of hydrogen-bond donors (Lipinski definition) is 2. The maximum Gasteiger partial charge on any atom is 0.191 e. The molecule has 1 aliphatic rings. The Bertz CT molecular complexity index is 513. The Morgan fingerprint density at radius 3 is 2.62 bits per heavy atom. The van der Waals surface area contributed by atoms with Crippen molar-refractivity contribution >= 4 is 5.96 Å². The maximum absolute atomic E-state index is 13.1. The van der Waals surface area contributed by atoms with Crippen LogP contribution in [0.1, 0.15) is 31.7 Å². The predicted octanol–water partition coefficient (Wildman–Crippen LogP) is 2.88. The lowest BCUT2D eigenvalue weighted by Gasteiger charge is -2.11. The first-order chi connectivity index (χ1) is 11.7. The number of guanidine groups is 1. The molecular weight excluding hydrogens is 312 g/mol. The standard InChI is InChI=1S/C18H27F2N3O/c1-2-21-18(22-7-3-9-24-13-14-4-5-14)23-8-6-15-10-16(19)12-17(20)11-15/h10-12,14H,2-9,13H2,1H3,(H2,21,22,23). The van der Waals surface area contributed by atoms with Crippen molar-refractivity contribution in [1.29, 1.82) is 0 Å². The molecule has 1 aromatic rings. The average Bonchev–Trinajstić information content (AvgIpc) is 3.34. The maximum atomic E-state index is 13.1. The second kappa shape index (κ2) is 10.2. The summed E-state index contributed by atoms with van der Waals surface area (Å²) in [7, 11) is 0. The first-order valence-corrected chi connectivity index (χ1v) is 8.72. The van der Waals surface area contributed by atoms with E-state index in [1.807, 2.05) is 6.92 Å². The van der Waals surface area contributed by atoms with Crippen molar-refractivity contribution in [2.24, 2.45) is 10.9 Å². The molecule has 0 spiro atoms. The molecule has 1 aliphatic carbocycles. The van der Waals surface area contributed by atoms with Gasteiger partial charge < -0.3 is 15.4 Å². The number of nitrogens with zero attached hydrogens (tertiary/aromatic N) is 1. The van der Waals surface area contributed by atoms with Crippen molar-refractivity contribution in [3.8, 4) is 0 Å². The van der Waals surface area contributed by atoms with Crippen LogP contribution in [0, 0.1) is 17.6 Å². The van der Waals surface area contributed by atoms with Crippen molar-refractivity contribution in [2.75, 3.05) is 32.8 Å². The Morgan fingerprint density at radius 1 is 1.21 bits per heavy atom. The highest BCUT2D eigenvalue weighted by atomic mass is 19.1. The molecule has 0 atom stereocenters. The molecule has 0 radical (unpaired) electrons. The van der Waals surface area contributed by atoms with Crippen LogP contribution in [0.25, 0.3) is 0 Å². The van der Waals surface area contributed by atoms with E-state index in [0.717, 1.165) is 44.1 Å². The number of nitrogens with one attached hydrogen (secondary N) is 2. The molecule has 24 heavy (non-hydrogen) atoms. The smallest absolute Gasteiger partial charge is 0.191 e. The van der Waals surface area contributed by atoms with Gasteiger partial charge in [0.1, 0.15) is 11.6 Å². The van der Waals surface area contributed by atoms with Gasteiger partial charge in [0, 0.05) is 38.9 Å². The lowest BCUT2D eigenvalue weighted by molar-refractivity contribution is 0.123. The molecule has 0 unspecified atom stereocenters. The zero-order valence-corrected chi connectivity index (χ0v) is 14.3. The largest absolute Gasteiger partial charge is 0.381 e. The van der Waals surface area contributed by atoms with E-state index in [4.69, 9.17) is 4.74 Å². The summed E-state index contributed by atoms with van der Waals surface area (Å²) in [5.41, 5.74) is 0.629. The van der Waals surface area contributed by atoms with Crippen LogP contribution in [-0.2, 0) is 11.2 Å². The van der Waals surface area contributed by atoms with Gasteiger partial charge in [0.2, 0.25) is 0 Å². The summed E-state index contributed by atoms with van der Waals surface area (Å²) in [6.45, 7) is 5.63. The van der Waals surface area contributed by atoms with Gasteiger partial charge in [-0.2, -0.15) is 0 Å². The number of benzene rings is 1. The van der Waals surface area contributed by atoms with Crippen LogP contribution < -0.4 is 10.6 Å². The van der Waals surface area contributed by atoms with Crippen LogP contribution in [-0.4, -0.2) is 38.8 Å². The summed E-state index contributed by atoms with van der Waals surface area (Å²) in [5.74, 6) is 0.422. The van der Waals surface area contributed by atoms with E-state index in [9.17, 15) is 8.78 Å². The minimum atomic E-state index is -0.545. The molecule has 6 heteroatoms. The minimum Gasteiger partial charge on any atom is -0.381 e. The van der Waals surface area contributed by atoms with Gasteiger partial charge in [-0.1, -0.05) is 0 Å². The van der Waals surface area contributed by atoms with Crippen LogP contribution in [0.2, 0.25) is 0 Å². The Morgan fingerprint density at radius 2 is 1.96 bits per heavy atom. The van der Waals surface area contributed by atoms with E-state index in [-0.39, 0.29) is 0 Å². The molecule has 0 saturated heterocycles. The van der Waals surface area contributed by atoms with Crippen LogP contribution in [0.5, 0.6) is 0 Å². The molecule has 134 valence electrons. The Labute approximate surface area is 142 Å². The molecular formula is C18H27F2N3O. The molecule has 1 fully saturated rings. The monoisotopic (exact) mass is 339 g/mol. The molecule has 0 aromatic heterocycles. The van der Waals surface area contributed by atoms with E-state index < -0.39 is 11.6 Å². The van der Waals surface area contributed by atoms with Crippen molar-refractivity contribution in [3.05, 3.63) is 35.4 Å². The fourth-order valence-electron chi connectivity index (χ4n) is 2.31. The van der Waals surface area contributed by atoms with E-state index in [1.165, 1.54) is 25.0 Å². The van der Waals surface area contributed by atoms with Crippen LogP contribution >= 0.6 is 0 Å². The van der Waals surface area contributed by atoms with E-state index >= 15 is 0 Å². The van der Waals surface area contributed by atoms with Gasteiger partial charge in [-0.15, -0.1) is 0 Å². The highest BCUT2D eigenvalue weighted by Crippen LogP contribution is 2.28. The predicted molar refractivity (Wildman–Crippen MR) is 92.2 cm³/mol. The summed E-state index contributed by atoms with van der Waals surface area (Å²) >= 11 is 0. The molecule has 0 bridgehead atoms. The fourth-order valence-corrected chi connectivity index (χ4v) is 2.31. The first-order valence-electron chi connectivity index (χ1n) is 8.72. The highest BCUT2D eigenvalue weighted by Gasteiger charge is 2.20. The Balaban J connectivity index is 1.65. The normalized spacial score (nSPS) is 14.7.